The fourth-order valence-electron chi connectivity index (χ4n) is 3.81. The first-order valence-corrected chi connectivity index (χ1v) is 11.3. The molecule has 0 radical (unpaired) electrons. The van der Waals surface area contributed by atoms with Crippen LogP contribution in [-0.4, -0.2) is 22.5 Å². The van der Waals surface area contributed by atoms with Gasteiger partial charge in [0.05, 0.1) is 22.9 Å². The number of rotatable bonds is 4. The fourth-order valence-corrected chi connectivity index (χ4v) is 4.80. The summed E-state index contributed by atoms with van der Waals surface area (Å²) >= 11 is 1.59. The Kier molecular flexibility index (Phi) is 5.16. The number of carbonyl (C=O) groups excluding carboxylic acids is 1. The van der Waals surface area contributed by atoms with E-state index in [1.807, 2.05) is 54.9 Å². The van der Waals surface area contributed by atoms with Crippen molar-refractivity contribution >= 4 is 27.5 Å². The van der Waals surface area contributed by atoms with Crippen LogP contribution >= 0.6 is 11.3 Å². The predicted octanol–water partition coefficient (Wildman–Crippen LogP) is 5.74. The molecule has 1 amide bonds. The van der Waals surface area contributed by atoms with Crippen molar-refractivity contribution in [3.05, 3.63) is 77.6 Å². The summed E-state index contributed by atoms with van der Waals surface area (Å²) in [7, 11) is 0. The summed E-state index contributed by atoms with van der Waals surface area (Å²) in [6.45, 7) is 4.91. The zero-order valence-electron chi connectivity index (χ0n) is 17.5. The minimum Gasteiger partial charge on any atom is -0.493 e. The number of pyridine rings is 1. The third-order valence-electron chi connectivity index (χ3n) is 5.59. The minimum atomic E-state index is -0.0815. The molecule has 0 spiro atoms. The number of fused-ring (bicyclic) bond motifs is 2. The number of nitrogens with one attached hydrogen (secondary N) is 1. The first-order chi connectivity index (χ1) is 15.1. The van der Waals surface area contributed by atoms with Crippen molar-refractivity contribution in [2.45, 2.75) is 32.2 Å². The summed E-state index contributed by atoms with van der Waals surface area (Å²) < 4.78 is 6.69. The minimum absolute atomic E-state index is 0.0463. The van der Waals surface area contributed by atoms with Crippen LogP contribution in [0.15, 0.2) is 60.9 Å². The maximum atomic E-state index is 13.0. The third-order valence-corrected chi connectivity index (χ3v) is 6.65. The van der Waals surface area contributed by atoms with Gasteiger partial charge in [0.25, 0.3) is 5.91 Å². The maximum absolute atomic E-state index is 13.0. The van der Waals surface area contributed by atoms with Crippen LogP contribution in [0.3, 0.4) is 0 Å². The number of hydrogen-bond donors (Lipinski definition) is 1. The van der Waals surface area contributed by atoms with Crippen molar-refractivity contribution in [1.82, 2.24) is 15.3 Å². The lowest BCUT2D eigenvalue weighted by Crippen LogP contribution is -2.32. The van der Waals surface area contributed by atoms with Gasteiger partial charge in [-0.2, -0.15) is 0 Å². The molecule has 2 aromatic heterocycles. The molecule has 1 atom stereocenters. The zero-order chi connectivity index (χ0) is 21.4. The number of benzene rings is 2. The molecule has 5 rings (SSSR count). The van der Waals surface area contributed by atoms with E-state index in [-0.39, 0.29) is 11.9 Å². The number of carbonyl (C=O) groups is 1. The number of hydrogen-bond acceptors (Lipinski definition) is 5. The average Bonchev–Trinajstić information content (AvgIpc) is 3.23. The van der Waals surface area contributed by atoms with Crippen molar-refractivity contribution in [2.24, 2.45) is 0 Å². The molecule has 31 heavy (non-hydrogen) atoms. The van der Waals surface area contributed by atoms with Crippen molar-refractivity contribution in [3.8, 4) is 16.3 Å². The molecule has 0 saturated heterocycles. The summed E-state index contributed by atoms with van der Waals surface area (Å²) in [6.07, 6.45) is 4.51. The first-order valence-electron chi connectivity index (χ1n) is 10.5. The standard InChI is InChI=1S/C25H23N3O2S/c1-15(2)17-11-18(14-26-13-17)25-28-21-8-7-16(12-23(21)31-25)24(29)27-20-9-10-30-22-6-4-3-5-19(20)22/h3-8,11-15,20H,9-10H2,1-2H3,(H,27,29)/t20-/m0/s1. The van der Waals surface area contributed by atoms with E-state index in [9.17, 15) is 4.79 Å². The van der Waals surface area contributed by atoms with E-state index in [2.05, 4.69) is 30.2 Å². The lowest BCUT2D eigenvalue weighted by atomic mass is 10.00. The molecule has 1 N–H and O–H groups in total. The highest BCUT2D eigenvalue weighted by atomic mass is 32.1. The molecule has 4 aromatic rings. The number of thiazole rings is 1. The second-order valence-corrected chi connectivity index (χ2v) is 9.09. The van der Waals surface area contributed by atoms with E-state index in [0.29, 0.717) is 18.1 Å². The quantitative estimate of drug-likeness (QED) is 0.450. The second kappa shape index (κ2) is 8.12. The van der Waals surface area contributed by atoms with Gasteiger partial charge < -0.3 is 10.1 Å². The van der Waals surface area contributed by atoms with Gasteiger partial charge in [-0.3, -0.25) is 9.78 Å². The monoisotopic (exact) mass is 429 g/mol. The molecule has 3 heterocycles. The van der Waals surface area contributed by atoms with Gasteiger partial charge >= 0.3 is 0 Å². The van der Waals surface area contributed by atoms with Crippen molar-refractivity contribution < 1.29 is 9.53 Å². The van der Waals surface area contributed by atoms with Crippen molar-refractivity contribution in [3.63, 3.8) is 0 Å². The van der Waals surface area contributed by atoms with Crippen molar-refractivity contribution in [1.29, 1.82) is 0 Å². The Morgan fingerprint density at radius 2 is 2.03 bits per heavy atom. The normalized spacial score (nSPS) is 15.5. The van der Waals surface area contributed by atoms with Crippen LogP contribution in [0, 0.1) is 0 Å². The number of amides is 1. The molecule has 0 unspecified atom stereocenters. The molecule has 0 fully saturated rings. The van der Waals surface area contributed by atoms with Crippen LogP contribution < -0.4 is 10.1 Å². The summed E-state index contributed by atoms with van der Waals surface area (Å²) in [5, 5.41) is 4.09. The Hall–Kier alpha value is -3.25. The third kappa shape index (κ3) is 3.91. The zero-order valence-corrected chi connectivity index (χ0v) is 18.3. The highest BCUT2D eigenvalue weighted by molar-refractivity contribution is 7.21. The van der Waals surface area contributed by atoms with Gasteiger partial charge in [-0.15, -0.1) is 11.3 Å². The summed E-state index contributed by atoms with van der Waals surface area (Å²) in [5.41, 5.74) is 4.76. The Balaban J connectivity index is 1.40. The molecule has 0 bridgehead atoms. The molecule has 0 saturated carbocycles. The molecule has 156 valence electrons. The predicted molar refractivity (Wildman–Crippen MR) is 124 cm³/mol. The molecule has 5 nitrogen and oxygen atoms in total. The highest BCUT2D eigenvalue weighted by Crippen LogP contribution is 2.33. The number of ether oxygens (including phenoxy) is 1. The van der Waals surface area contributed by atoms with Gasteiger partial charge in [0.1, 0.15) is 10.8 Å². The Morgan fingerprint density at radius 1 is 1.16 bits per heavy atom. The second-order valence-electron chi connectivity index (χ2n) is 8.06. The average molecular weight is 430 g/mol. The van der Waals surface area contributed by atoms with Crippen LogP contribution in [0.4, 0.5) is 0 Å². The molecular weight excluding hydrogens is 406 g/mol. The van der Waals surface area contributed by atoms with Gasteiger partial charge in [0, 0.05) is 35.5 Å². The van der Waals surface area contributed by atoms with Crippen LogP contribution in [0.1, 0.15) is 53.7 Å². The lowest BCUT2D eigenvalue weighted by molar-refractivity contribution is 0.0925. The summed E-state index contributed by atoms with van der Waals surface area (Å²) in [4.78, 5) is 22.1. The SMILES string of the molecule is CC(C)c1cncc(-c2nc3ccc(C(=O)N[C@H]4CCOc5ccccc54)cc3s2)c1. The van der Waals surface area contributed by atoms with E-state index in [4.69, 9.17) is 9.72 Å². The molecular formula is C25H23N3O2S. The molecule has 1 aliphatic heterocycles. The molecule has 0 aliphatic carbocycles. The Labute approximate surface area is 185 Å². The Morgan fingerprint density at radius 3 is 2.90 bits per heavy atom. The van der Waals surface area contributed by atoms with Crippen LogP contribution in [0.2, 0.25) is 0 Å². The largest absolute Gasteiger partial charge is 0.493 e. The first kappa shape index (κ1) is 19.7. The van der Waals surface area contributed by atoms with Gasteiger partial charge in [-0.05, 0) is 41.8 Å². The van der Waals surface area contributed by atoms with Crippen LogP contribution in [-0.2, 0) is 0 Å². The maximum Gasteiger partial charge on any atom is 0.251 e. The molecule has 1 aliphatic rings. The topological polar surface area (TPSA) is 64.1 Å². The number of nitrogens with zero attached hydrogens (tertiary/aromatic N) is 2. The van der Waals surface area contributed by atoms with E-state index < -0.39 is 0 Å². The summed E-state index contributed by atoms with van der Waals surface area (Å²) in [5.74, 6) is 1.17. The molecule has 2 aromatic carbocycles. The van der Waals surface area contributed by atoms with E-state index in [1.165, 1.54) is 5.56 Å². The van der Waals surface area contributed by atoms with Gasteiger partial charge in [0.2, 0.25) is 0 Å². The van der Waals surface area contributed by atoms with Gasteiger partial charge in [0.15, 0.2) is 0 Å². The van der Waals surface area contributed by atoms with Gasteiger partial charge in [-0.25, -0.2) is 4.98 Å². The smallest absolute Gasteiger partial charge is 0.251 e. The lowest BCUT2D eigenvalue weighted by Gasteiger charge is -2.26. The van der Waals surface area contributed by atoms with E-state index in [1.54, 1.807) is 11.3 Å². The van der Waals surface area contributed by atoms with E-state index in [0.717, 1.165) is 38.5 Å². The van der Waals surface area contributed by atoms with Crippen molar-refractivity contribution in [2.75, 3.05) is 6.61 Å². The van der Waals surface area contributed by atoms with Gasteiger partial charge in [-0.1, -0.05) is 32.0 Å². The highest BCUT2D eigenvalue weighted by Gasteiger charge is 2.23. The number of aromatic nitrogens is 2. The summed E-state index contributed by atoms with van der Waals surface area (Å²) in [6, 6.07) is 15.7. The fraction of sp³-hybridized carbons (Fsp3) is 0.240. The number of para-hydroxylation sites is 1. The van der Waals surface area contributed by atoms with Crippen LogP contribution in [0.25, 0.3) is 20.8 Å². The van der Waals surface area contributed by atoms with E-state index >= 15 is 0 Å². The Bertz CT molecular complexity index is 1260. The molecule has 6 heteroatoms. The van der Waals surface area contributed by atoms with Crippen LogP contribution in [0.5, 0.6) is 5.75 Å².